The molecule has 1 aromatic carbocycles. The molecule has 0 atom stereocenters. The minimum atomic E-state index is 0.622. The van der Waals surface area contributed by atoms with Crippen LogP contribution in [0.5, 0.6) is 0 Å². The third-order valence-corrected chi connectivity index (χ3v) is 4.32. The summed E-state index contributed by atoms with van der Waals surface area (Å²) in [6.45, 7) is 0.622. The van der Waals surface area contributed by atoms with Gasteiger partial charge in [-0.05, 0) is 12.1 Å². The Labute approximate surface area is 132 Å². The number of benzene rings is 1. The van der Waals surface area contributed by atoms with Gasteiger partial charge in [0.1, 0.15) is 12.5 Å². The van der Waals surface area contributed by atoms with Crippen molar-refractivity contribution < 1.29 is 0 Å². The van der Waals surface area contributed by atoms with Gasteiger partial charge in [0.25, 0.3) is 0 Å². The summed E-state index contributed by atoms with van der Waals surface area (Å²) in [6, 6.07) is 8.13. The molecule has 5 rings (SSSR count). The molecule has 0 spiro atoms. The third-order valence-electron chi connectivity index (χ3n) is 4.32. The highest BCUT2D eigenvalue weighted by molar-refractivity contribution is 6.21. The number of allylic oxidation sites excluding steroid dienone is 1. The van der Waals surface area contributed by atoms with Crippen molar-refractivity contribution >= 4 is 28.3 Å². The van der Waals surface area contributed by atoms with Gasteiger partial charge in [0.2, 0.25) is 0 Å². The van der Waals surface area contributed by atoms with Gasteiger partial charge in [0.15, 0.2) is 0 Å². The van der Waals surface area contributed by atoms with Gasteiger partial charge in [-0.25, -0.2) is 0 Å². The van der Waals surface area contributed by atoms with Crippen molar-refractivity contribution in [3.8, 4) is 0 Å². The van der Waals surface area contributed by atoms with Crippen molar-refractivity contribution in [3.05, 3.63) is 60.3 Å². The predicted octanol–water partition coefficient (Wildman–Crippen LogP) is 2.52. The number of hydrogen-bond acceptors (Lipinski definition) is 5. The molecule has 0 aliphatic carbocycles. The molecule has 0 saturated heterocycles. The monoisotopic (exact) mass is 302 g/mol. The van der Waals surface area contributed by atoms with E-state index in [0.717, 1.165) is 39.5 Å². The highest BCUT2D eigenvalue weighted by Gasteiger charge is 2.31. The Morgan fingerprint density at radius 2 is 2.04 bits per heavy atom. The summed E-state index contributed by atoms with van der Waals surface area (Å²) in [4.78, 5) is 21.3. The number of H-pyrrole nitrogens is 1. The topological polar surface area (TPSA) is 60.4 Å². The summed E-state index contributed by atoms with van der Waals surface area (Å²) >= 11 is 0. The van der Waals surface area contributed by atoms with Gasteiger partial charge in [0.05, 0.1) is 28.1 Å². The van der Waals surface area contributed by atoms with Gasteiger partial charge in [0, 0.05) is 37.4 Å². The highest BCUT2D eigenvalue weighted by atomic mass is 15.3. The molecular weight excluding hydrogens is 288 g/mol. The molecule has 0 fully saturated rings. The molecule has 0 amide bonds. The van der Waals surface area contributed by atoms with E-state index in [1.165, 1.54) is 0 Å². The molecule has 2 aliphatic heterocycles. The van der Waals surface area contributed by atoms with Crippen molar-refractivity contribution in [2.24, 2.45) is 4.99 Å². The minimum absolute atomic E-state index is 0.622. The second kappa shape index (κ2) is 4.42. The number of hydrogen-bond donors (Lipinski definition) is 1. The number of aromatic nitrogens is 3. The first-order chi connectivity index (χ1) is 11.3. The van der Waals surface area contributed by atoms with E-state index in [-0.39, 0.29) is 0 Å². The average molecular weight is 302 g/mol. The van der Waals surface area contributed by atoms with Crippen LogP contribution in [0.2, 0.25) is 0 Å². The summed E-state index contributed by atoms with van der Waals surface area (Å²) in [5.41, 5.74) is 6.01. The maximum absolute atomic E-state index is 4.78. The van der Waals surface area contributed by atoms with E-state index >= 15 is 0 Å². The van der Waals surface area contributed by atoms with Crippen LogP contribution >= 0.6 is 0 Å². The Hall–Kier alpha value is -3.15. The van der Waals surface area contributed by atoms with Crippen LogP contribution < -0.4 is 9.80 Å². The summed E-state index contributed by atoms with van der Waals surface area (Å²) < 4.78 is 0. The standard InChI is InChI=1S/C17H14N6/c1-22-9-14-16(21-10-23(14)13-5-6-20-17(13)22)11-3-2-4-12-15(11)19-8-7-18-12/h2-9,20H,10H2,1H3. The van der Waals surface area contributed by atoms with E-state index in [2.05, 4.69) is 43.1 Å². The number of aliphatic imine (C=N–C) groups is 1. The zero-order valence-electron chi connectivity index (χ0n) is 12.6. The fourth-order valence-electron chi connectivity index (χ4n) is 3.27. The molecule has 1 N–H and O–H groups in total. The smallest absolute Gasteiger partial charge is 0.134 e. The number of fused-ring (bicyclic) bond motifs is 4. The van der Waals surface area contributed by atoms with Gasteiger partial charge in [-0.15, -0.1) is 0 Å². The molecule has 0 radical (unpaired) electrons. The van der Waals surface area contributed by atoms with Crippen LogP contribution in [0, 0.1) is 0 Å². The normalized spacial score (nSPS) is 16.2. The molecule has 4 heterocycles. The first-order valence-electron chi connectivity index (χ1n) is 7.47. The molecule has 112 valence electrons. The molecular formula is C17H14N6. The fourth-order valence-corrected chi connectivity index (χ4v) is 3.27. The van der Waals surface area contributed by atoms with Crippen LogP contribution in [0.3, 0.4) is 0 Å². The lowest BCUT2D eigenvalue weighted by Gasteiger charge is -2.29. The Morgan fingerprint density at radius 1 is 1.13 bits per heavy atom. The van der Waals surface area contributed by atoms with E-state index in [4.69, 9.17) is 4.99 Å². The van der Waals surface area contributed by atoms with Gasteiger partial charge in [-0.3, -0.25) is 15.0 Å². The molecule has 0 unspecified atom stereocenters. The lowest BCUT2D eigenvalue weighted by atomic mass is 10.0. The predicted molar refractivity (Wildman–Crippen MR) is 90.7 cm³/mol. The van der Waals surface area contributed by atoms with Crippen molar-refractivity contribution in [2.75, 3.05) is 23.5 Å². The van der Waals surface area contributed by atoms with Gasteiger partial charge in [-0.1, -0.05) is 12.1 Å². The lowest BCUT2D eigenvalue weighted by Crippen LogP contribution is -2.29. The zero-order valence-corrected chi connectivity index (χ0v) is 12.6. The second-order valence-corrected chi connectivity index (χ2v) is 5.64. The largest absolute Gasteiger partial charge is 0.346 e. The van der Waals surface area contributed by atoms with E-state index in [1.807, 2.05) is 25.4 Å². The molecule has 2 aromatic heterocycles. The van der Waals surface area contributed by atoms with Crippen LogP contribution in [-0.2, 0) is 0 Å². The second-order valence-electron chi connectivity index (χ2n) is 5.64. The highest BCUT2D eigenvalue weighted by Crippen LogP contribution is 2.38. The van der Waals surface area contributed by atoms with Crippen molar-refractivity contribution in [2.45, 2.75) is 0 Å². The van der Waals surface area contributed by atoms with Gasteiger partial charge >= 0.3 is 0 Å². The lowest BCUT2D eigenvalue weighted by molar-refractivity contribution is 0.965. The maximum Gasteiger partial charge on any atom is 0.134 e. The fraction of sp³-hybridized carbons (Fsp3) is 0.118. The molecule has 0 saturated carbocycles. The van der Waals surface area contributed by atoms with E-state index in [1.54, 1.807) is 12.4 Å². The summed E-state index contributed by atoms with van der Waals surface area (Å²) in [6.07, 6.45) is 7.51. The molecule has 6 nitrogen and oxygen atoms in total. The number of anilines is 2. The van der Waals surface area contributed by atoms with Crippen molar-refractivity contribution in [1.29, 1.82) is 0 Å². The number of para-hydroxylation sites is 1. The van der Waals surface area contributed by atoms with E-state index in [0.29, 0.717) is 6.67 Å². The van der Waals surface area contributed by atoms with E-state index < -0.39 is 0 Å². The van der Waals surface area contributed by atoms with E-state index in [9.17, 15) is 0 Å². The van der Waals surface area contributed by atoms with Crippen LogP contribution in [0.25, 0.3) is 11.0 Å². The van der Waals surface area contributed by atoms with Crippen LogP contribution in [-0.4, -0.2) is 34.4 Å². The minimum Gasteiger partial charge on any atom is -0.346 e. The SMILES string of the molecule is CN1C=C2C(c3cccc4nccnc34)=NCN2c2cc[nH]c21. The molecule has 3 aromatic rings. The van der Waals surface area contributed by atoms with Crippen LogP contribution in [0.1, 0.15) is 5.56 Å². The van der Waals surface area contributed by atoms with Crippen molar-refractivity contribution in [3.63, 3.8) is 0 Å². The number of aromatic amines is 1. The van der Waals surface area contributed by atoms with Gasteiger partial charge in [-0.2, -0.15) is 0 Å². The average Bonchev–Trinajstić information content (AvgIpc) is 3.21. The zero-order chi connectivity index (χ0) is 15.4. The quantitative estimate of drug-likeness (QED) is 0.750. The maximum atomic E-state index is 4.78. The first kappa shape index (κ1) is 12.4. The number of rotatable bonds is 1. The third kappa shape index (κ3) is 1.66. The van der Waals surface area contributed by atoms with Gasteiger partial charge < -0.3 is 14.8 Å². The van der Waals surface area contributed by atoms with Crippen LogP contribution in [0.4, 0.5) is 11.5 Å². The molecule has 2 aliphatic rings. The number of nitrogens with zero attached hydrogens (tertiary/aromatic N) is 5. The van der Waals surface area contributed by atoms with Crippen molar-refractivity contribution in [1.82, 2.24) is 15.0 Å². The molecule has 6 heteroatoms. The number of nitrogens with one attached hydrogen (secondary N) is 1. The Morgan fingerprint density at radius 3 is 3.00 bits per heavy atom. The van der Waals surface area contributed by atoms with Crippen LogP contribution in [0.15, 0.2) is 59.7 Å². The Bertz CT molecular complexity index is 978. The summed E-state index contributed by atoms with van der Waals surface area (Å²) in [5, 5.41) is 0. The summed E-state index contributed by atoms with van der Waals surface area (Å²) in [7, 11) is 2.04. The molecule has 0 bridgehead atoms. The molecule has 23 heavy (non-hydrogen) atoms. The summed E-state index contributed by atoms with van der Waals surface area (Å²) in [5.74, 6) is 1.09. The Kier molecular flexibility index (Phi) is 2.38. The Balaban J connectivity index is 1.68. The first-order valence-corrected chi connectivity index (χ1v) is 7.47.